The van der Waals surface area contributed by atoms with E-state index >= 15 is 0 Å². The number of aromatic nitrogens is 2. The van der Waals surface area contributed by atoms with Crippen molar-refractivity contribution in [2.75, 3.05) is 6.54 Å². The van der Waals surface area contributed by atoms with Gasteiger partial charge in [0.1, 0.15) is 11.4 Å². The molecule has 3 N–H and O–H groups in total. The lowest BCUT2D eigenvalue weighted by Gasteiger charge is -2.23. The van der Waals surface area contributed by atoms with E-state index in [2.05, 4.69) is 15.7 Å². The Morgan fingerprint density at radius 3 is 2.79 bits per heavy atom. The third-order valence-electron chi connectivity index (χ3n) is 3.78. The number of carbonyl (C=O) groups is 1. The highest BCUT2D eigenvalue weighted by Gasteiger charge is 2.25. The zero-order chi connectivity index (χ0) is 17.7. The van der Waals surface area contributed by atoms with E-state index in [9.17, 15) is 14.3 Å². The largest absolute Gasteiger partial charge is 0.383 e. The Morgan fingerprint density at radius 1 is 1.46 bits per heavy atom. The summed E-state index contributed by atoms with van der Waals surface area (Å²) >= 11 is 0. The minimum Gasteiger partial charge on any atom is -0.383 e. The van der Waals surface area contributed by atoms with Crippen molar-refractivity contribution in [3.8, 4) is 0 Å². The maximum atomic E-state index is 13.6. The first-order valence-corrected chi connectivity index (χ1v) is 7.77. The van der Waals surface area contributed by atoms with Crippen LogP contribution in [-0.2, 0) is 19.1 Å². The first-order chi connectivity index (χ1) is 11.3. The lowest BCUT2D eigenvalue weighted by Crippen LogP contribution is -2.46. The molecular weight excluding hydrogens is 311 g/mol. The number of nitrogens with one attached hydrogen (secondary N) is 2. The molecule has 2 aromatic rings. The van der Waals surface area contributed by atoms with Crippen molar-refractivity contribution in [2.24, 2.45) is 7.05 Å². The summed E-state index contributed by atoms with van der Waals surface area (Å²) in [6.07, 6.45) is 3.64. The lowest BCUT2D eigenvalue weighted by atomic mass is 10.00. The zero-order valence-electron chi connectivity index (χ0n) is 14.1. The number of nitrogens with zero attached hydrogens (tertiary/aromatic N) is 2. The van der Waals surface area contributed by atoms with E-state index < -0.39 is 11.6 Å². The maximum absolute atomic E-state index is 13.6. The van der Waals surface area contributed by atoms with Crippen LogP contribution in [0.4, 0.5) is 9.18 Å². The van der Waals surface area contributed by atoms with Crippen molar-refractivity contribution in [1.82, 2.24) is 20.4 Å². The lowest BCUT2D eigenvalue weighted by molar-refractivity contribution is 0.0592. The molecule has 2 rings (SSSR count). The van der Waals surface area contributed by atoms with Gasteiger partial charge in [0.2, 0.25) is 0 Å². The van der Waals surface area contributed by atoms with Gasteiger partial charge in [-0.1, -0.05) is 18.2 Å². The van der Waals surface area contributed by atoms with Crippen molar-refractivity contribution < 1.29 is 14.3 Å². The van der Waals surface area contributed by atoms with Gasteiger partial charge in [-0.2, -0.15) is 5.10 Å². The van der Waals surface area contributed by atoms with Crippen LogP contribution in [0.15, 0.2) is 36.7 Å². The summed E-state index contributed by atoms with van der Waals surface area (Å²) in [7, 11) is 1.75. The Balaban J connectivity index is 1.83. The number of carbonyl (C=O) groups excluding carboxylic acids is 1. The second kappa shape index (κ2) is 7.44. The second-order valence-electron chi connectivity index (χ2n) is 6.20. The number of hydrogen-bond donors (Lipinski definition) is 3. The van der Waals surface area contributed by atoms with Crippen LogP contribution >= 0.6 is 0 Å². The number of urea groups is 1. The summed E-state index contributed by atoms with van der Waals surface area (Å²) < 4.78 is 15.2. The van der Waals surface area contributed by atoms with Crippen LogP contribution in [0.3, 0.4) is 0 Å². The van der Waals surface area contributed by atoms with Gasteiger partial charge < -0.3 is 15.7 Å². The Morgan fingerprint density at radius 2 is 2.17 bits per heavy atom. The highest BCUT2D eigenvalue weighted by Crippen LogP contribution is 2.18. The van der Waals surface area contributed by atoms with Gasteiger partial charge in [0.25, 0.3) is 0 Å². The fourth-order valence-corrected chi connectivity index (χ4v) is 2.37. The van der Waals surface area contributed by atoms with Crippen molar-refractivity contribution >= 4 is 6.03 Å². The third-order valence-corrected chi connectivity index (χ3v) is 3.78. The standard InChI is InChI=1S/C17H23FN4O2/c1-12(8-13-6-4-5-7-15(13)18)21-16(23)19-11-17(2,24)14-9-20-22(3)10-14/h4-7,9-10,12,24H,8,11H2,1-3H3,(H2,19,21,23). The van der Waals surface area contributed by atoms with Gasteiger partial charge >= 0.3 is 6.03 Å². The number of amides is 2. The number of benzene rings is 1. The molecule has 0 saturated carbocycles. The molecule has 0 saturated heterocycles. The Labute approximate surface area is 140 Å². The normalized spacial score (nSPS) is 14.7. The minimum atomic E-state index is -1.22. The predicted octanol–water partition coefficient (Wildman–Crippen LogP) is 1.70. The monoisotopic (exact) mass is 334 g/mol. The molecule has 0 fully saturated rings. The number of hydrogen-bond acceptors (Lipinski definition) is 3. The maximum Gasteiger partial charge on any atom is 0.315 e. The molecule has 0 aliphatic rings. The predicted molar refractivity (Wildman–Crippen MR) is 88.9 cm³/mol. The summed E-state index contributed by atoms with van der Waals surface area (Å²) in [5.41, 5.74) is -0.0576. The zero-order valence-corrected chi connectivity index (χ0v) is 14.1. The Bertz CT molecular complexity index is 699. The molecule has 2 amide bonds. The molecule has 2 unspecified atom stereocenters. The van der Waals surface area contributed by atoms with Crippen LogP contribution in [0.5, 0.6) is 0 Å². The summed E-state index contributed by atoms with van der Waals surface area (Å²) in [6.45, 7) is 3.44. The first kappa shape index (κ1) is 17.9. The molecule has 0 spiro atoms. The van der Waals surface area contributed by atoms with E-state index in [1.807, 2.05) is 0 Å². The molecule has 6 nitrogen and oxygen atoms in total. The SMILES string of the molecule is CC(Cc1ccccc1F)NC(=O)NCC(C)(O)c1cnn(C)c1. The van der Waals surface area contributed by atoms with Gasteiger partial charge in [0.15, 0.2) is 0 Å². The smallest absolute Gasteiger partial charge is 0.315 e. The summed E-state index contributed by atoms with van der Waals surface area (Å²) in [5, 5.41) is 19.8. The molecule has 1 aromatic heterocycles. The molecule has 0 aliphatic carbocycles. The molecule has 0 aliphatic heterocycles. The molecule has 1 heterocycles. The molecular formula is C17H23FN4O2. The van der Waals surface area contributed by atoms with E-state index in [1.165, 1.54) is 6.07 Å². The van der Waals surface area contributed by atoms with Crippen LogP contribution < -0.4 is 10.6 Å². The fraction of sp³-hybridized carbons (Fsp3) is 0.412. The minimum absolute atomic E-state index is 0.0386. The average molecular weight is 334 g/mol. The van der Waals surface area contributed by atoms with Gasteiger partial charge in [0, 0.05) is 24.8 Å². The van der Waals surface area contributed by atoms with Crippen LogP contribution in [0.1, 0.15) is 25.0 Å². The third kappa shape index (κ3) is 4.79. The van der Waals surface area contributed by atoms with E-state index in [0.717, 1.165) is 0 Å². The van der Waals surface area contributed by atoms with Crippen molar-refractivity contribution in [3.63, 3.8) is 0 Å². The quantitative estimate of drug-likeness (QED) is 0.752. The number of aliphatic hydroxyl groups is 1. The highest BCUT2D eigenvalue weighted by molar-refractivity contribution is 5.74. The molecule has 0 radical (unpaired) electrons. The van der Waals surface area contributed by atoms with Gasteiger partial charge in [0.05, 0.1) is 12.7 Å². The van der Waals surface area contributed by atoms with Crippen LogP contribution in [0, 0.1) is 5.82 Å². The van der Waals surface area contributed by atoms with E-state index in [0.29, 0.717) is 17.5 Å². The fourth-order valence-electron chi connectivity index (χ4n) is 2.37. The molecule has 7 heteroatoms. The topological polar surface area (TPSA) is 79.2 Å². The van der Waals surface area contributed by atoms with Crippen molar-refractivity contribution in [3.05, 3.63) is 53.6 Å². The molecule has 24 heavy (non-hydrogen) atoms. The summed E-state index contributed by atoms with van der Waals surface area (Å²) in [4.78, 5) is 12.0. The van der Waals surface area contributed by atoms with Crippen molar-refractivity contribution in [2.45, 2.75) is 31.9 Å². The highest BCUT2D eigenvalue weighted by atomic mass is 19.1. The first-order valence-electron chi connectivity index (χ1n) is 7.77. The molecule has 2 atom stereocenters. The van der Waals surface area contributed by atoms with Gasteiger partial charge in [-0.3, -0.25) is 4.68 Å². The average Bonchev–Trinajstić information content (AvgIpc) is 2.95. The van der Waals surface area contributed by atoms with Gasteiger partial charge in [-0.25, -0.2) is 9.18 Å². The number of aryl methyl sites for hydroxylation is 1. The number of rotatable bonds is 6. The van der Waals surface area contributed by atoms with Crippen molar-refractivity contribution in [1.29, 1.82) is 0 Å². The van der Waals surface area contributed by atoms with E-state index in [1.54, 1.807) is 56.2 Å². The molecule has 0 bridgehead atoms. The Kier molecular flexibility index (Phi) is 5.56. The van der Waals surface area contributed by atoms with Crippen LogP contribution in [0.25, 0.3) is 0 Å². The van der Waals surface area contributed by atoms with Crippen LogP contribution in [-0.4, -0.2) is 33.5 Å². The summed E-state index contributed by atoms with van der Waals surface area (Å²) in [5.74, 6) is -0.286. The van der Waals surface area contributed by atoms with E-state index in [4.69, 9.17) is 0 Å². The summed E-state index contributed by atoms with van der Waals surface area (Å²) in [6, 6.07) is 5.82. The molecule has 1 aromatic carbocycles. The second-order valence-corrected chi connectivity index (χ2v) is 6.20. The molecule has 130 valence electrons. The van der Waals surface area contributed by atoms with Gasteiger partial charge in [-0.05, 0) is 31.9 Å². The van der Waals surface area contributed by atoms with Gasteiger partial charge in [-0.15, -0.1) is 0 Å². The number of halogens is 1. The van der Waals surface area contributed by atoms with Crippen LogP contribution in [0.2, 0.25) is 0 Å². The van der Waals surface area contributed by atoms with E-state index in [-0.39, 0.29) is 18.4 Å². The Hall–Kier alpha value is -2.41.